The summed E-state index contributed by atoms with van der Waals surface area (Å²) in [6.07, 6.45) is -10.8. The largest absolute Gasteiger partial charge is 0.490 e. The first kappa shape index (κ1) is 43.5. The first-order chi connectivity index (χ1) is 26.6. The number of benzene rings is 1. The Labute approximate surface area is 316 Å². The van der Waals surface area contributed by atoms with Gasteiger partial charge in [0.05, 0.1) is 13.2 Å². The number of fused-ring (bicyclic) bond motifs is 1. The van der Waals surface area contributed by atoms with Crippen LogP contribution in [-0.2, 0) is 65.6 Å². The smallest absolute Gasteiger partial charge is 0.387 e. The van der Waals surface area contributed by atoms with Crippen LogP contribution in [0.4, 0.5) is 0 Å². The molecule has 3 saturated heterocycles. The molecular weight excluding hydrogens is 860 g/mol. The van der Waals surface area contributed by atoms with Crippen LogP contribution in [0.2, 0.25) is 0 Å². The third-order valence-corrected chi connectivity index (χ3v) is 14.1. The molecule has 27 nitrogen and oxygen atoms in total. The lowest BCUT2D eigenvalue weighted by Crippen LogP contribution is -2.37. The zero-order valence-electron chi connectivity index (χ0n) is 28.3. The fourth-order valence-electron chi connectivity index (χ4n) is 5.82. The van der Waals surface area contributed by atoms with E-state index in [1.807, 2.05) is 9.97 Å². The van der Waals surface area contributed by atoms with E-state index in [4.69, 9.17) is 23.5 Å². The van der Waals surface area contributed by atoms with Crippen molar-refractivity contribution in [3.8, 4) is 0 Å². The molecule has 3 aliphatic heterocycles. The van der Waals surface area contributed by atoms with Crippen molar-refractivity contribution in [2.45, 2.75) is 61.8 Å². The Bertz CT molecular complexity index is 2370. The van der Waals surface area contributed by atoms with Gasteiger partial charge in [0.15, 0.2) is 18.7 Å². The molecule has 0 spiro atoms. The standard InChI is InChI=1S/C26H32N4O23P4/c31-16-6-8-29(25(35)27-16)23-20(34)19(33)14(47-23)11-45-54(37,38)51-56(41,42)53-57(43,44)52-55(39,40)46-12-15-21-22(24(48-15)30-9-7-17(32)28-26(30)36)50-18(49-21)10-13-4-2-1-3-5-13/h1-9,14-15,18-24,33-34H,10-12H2,(H,37,38)(H,39,40)(H,41,42)(H,43,44)(H,27,31,35)(H,28,32,36)/t14-,15+,18?,19-,20-,21-,22+,23-,24+/m0/s1. The van der Waals surface area contributed by atoms with Crippen molar-refractivity contribution >= 4 is 31.3 Å². The second kappa shape index (κ2) is 16.9. The number of rotatable bonds is 16. The van der Waals surface area contributed by atoms with Crippen LogP contribution >= 0.6 is 31.3 Å². The SMILES string of the molecule is O=c1ccn([C@@H]2O[C@H](COP(=O)(O)OP(=O)(O)OP(=O)(O)OP(=O)(O)OC[C@@H]3O[C@H](n4ccc(=O)[nH]c4=O)[C@@H](O)[C@H]3O)[C@@H]3OC(Cc4ccccc4)O[C@H]32)c(=O)[nH]1. The van der Waals surface area contributed by atoms with Gasteiger partial charge in [0, 0.05) is 30.9 Å². The molecule has 3 aromatic rings. The molecule has 5 unspecified atom stereocenters. The molecule has 3 aliphatic rings. The highest BCUT2D eigenvalue weighted by Crippen LogP contribution is 2.71. The Kier molecular flexibility index (Phi) is 12.9. The number of H-pyrrole nitrogens is 2. The van der Waals surface area contributed by atoms with E-state index in [0.29, 0.717) is 4.57 Å². The van der Waals surface area contributed by atoms with Crippen LogP contribution < -0.4 is 22.5 Å². The van der Waals surface area contributed by atoms with Crippen LogP contribution in [0, 0.1) is 0 Å². The Morgan fingerprint density at radius 1 is 0.596 bits per heavy atom. The highest BCUT2D eigenvalue weighted by molar-refractivity contribution is 7.69. The van der Waals surface area contributed by atoms with Crippen LogP contribution in [0.25, 0.3) is 0 Å². The number of nitrogens with one attached hydrogen (secondary N) is 2. The molecule has 1 aromatic carbocycles. The molecule has 0 amide bonds. The van der Waals surface area contributed by atoms with E-state index >= 15 is 0 Å². The summed E-state index contributed by atoms with van der Waals surface area (Å²) in [5, 5.41) is 20.5. The molecule has 0 aliphatic carbocycles. The van der Waals surface area contributed by atoms with Crippen molar-refractivity contribution in [2.75, 3.05) is 13.2 Å². The average Bonchev–Trinajstić information content (AvgIpc) is 3.73. The van der Waals surface area contributed by atoms with E-state index in [2.05, 4.69) is 17.5 Å². The minimum absolute atomic E-state index is 0.205. The lowest BCUT2D eigenvalue weighted by Gasteiger charge is -2.23. The molecule has 0 bridgehead atoms. The van der Waals surface area contributed by atoms with E-state index in [9.17, 15) is 67.2 Å². The third-order valence-electron chi connectivity index (χ3n) is 8.16. The summed E-state index contributed by atoms with van der Waals surface area (Å²) < 4.78 is 95.5. The molecule has 13 atom stereocenters. The van der Waals surface area contributed by atoms with Crippen molar-refractivity contribution in [1.82, 2.24) is 19.1 Å². The zero-order valence-corrected chi connectivity index (χ0v) is 31.9. The molecule has 0 saturated carbocycles. The number of phosphoric ester groups is 2. The molecule has 0 radical (unpaired) electrons. The summed E-state index contributed by atoms with van der Waals surface area (Å²) >= 11 is 0. The molecule has 5 heterocycles. The second-order valence-corrected chi connectivity index (χ2v) is 18.4. The van der Waals surface area contributed by atoms with Gasteiger partial charge in [-0.1, -0.05) is 30.3 Å². The van der Waals surface area contributed by atoms with Crippen molar-refractivity contribution in [3.63, 3.8) is 0 Å². The summed E-state index contributed by atoms with van der Waals surface area (Å²) in [7, 11) is -24.1. The maximum absolute atomic E-state index is 12.7. The maximum Gasteiger partial charge on any atom is 0.490 e. The summed E-state index contributed by atoms with van der Waals surface area (Å²) in [6.45, 7) is -2.18. The molecular formula is C26H32N4O23P4. The first-order valence-electron chi connectivity index (χ1n) is 16.0. The number of phosphoric acid groups is 4. The fraction of sp³-hybridized carbons (Fsp3) is 0.462. The van der Waals surface area contributed by atoms with E-state index < -0.39 is 122 Å². The second-order valence-electron chi connectivity index (χ2n) is 12.2. The van der Waals surface area contributed by atoms with Gasteiger partial charge in [-0.2, -0.15) is 12.9 Å². The monoisotopic (exact) mass is 892 g/mol. The molecule has 8 N–H and O–H groups in total. The van der Waals surface area contributed by atoms with Crippen LogP contribution in [0.5, 0.6) is 0 Å². The van der Waals surface area contributed by atoms with Gasteiger partial charge in [-0.05, 0) is 5.56 Å². The van der Waals surface area contributed by atoms with Gasteiger partial charge in [-0.25, -0.2) is 27.8 Å². The van der Waals surface area contributed by atoms with Crippen molar-refractivity contribution in [1.29, 1.82) is 0 Å². The van der Waals surface area contributed by atoms with Gasteiger partial charge in [0.25, 0.3) is 11.1 Å². The summed E-state index contributed by atoms with van der Waals surface area (Å²) in [5.41, 5.74) is -2.72. The number of aromatic nitrogens is 4. The molecule has 314 valence electrons. The van der Waals surface area contributed by atoms with Crippen LogP contribution in [-0.4, -0.2) is 105 Å². The number of hydrogen-bond donors (Lipinski definition) is 8. The van der Waals surface area contributed by atoms with E-state index in [0.717, 1.165) is 34.7 Å². The Morgan fingerprint density at radius 3 is 1.61 bits per heavy atom. The number of nitrogens with zero attached hydrogens (tertiary/aromatic N) is 2. The van der Waals surface area contributed by atoms with E-state index in [-0.39, 0.29) is 6.42 Å². The lowest BCUT2D eigenvalue weighted by atomic mass is 10.1. The quantitative estimate of drug-likeness (QED) is 0.0754. The van der Waals surface area contributed by atoms with Crippen molar-refractivity contribution in [2.24, 2.45) is 0 Å². The van der Waals surface area contributed by atoms with Gasteiger partial charge in [-0.15, -0.1) is 0 Å². The molecule has 6 rings (SSSR count). The Hall–Kier alpha value is -3.10. The van der Waals surface area contributed by atoms with Gasteiger partial charge in [0.2, 0.25) is 0 Å². The van der Waals surface area contributed by atoms with Gasteiger partial charge >= 0.3 is 42.7 Å². The van der Waals surface area contributed by atoms with Crippen molar-refractivity contribution in [3.05, 3.63) is 102 Å². The normalized spacial score (nSPS) is 31.5. The number of aliphatic hydroxyl groups excluding tert-OH is 2. The molecule has 3 fully saturated rings. The molecule has 31 heteroatoms. The number of ether oxygens (including phenoxy) is 4. The minimum atomic E-state index is -6.24. The van der Waals surface area contributed by atoms with Gasteiger partial charge in [0.1, 0.15) is 36.6 Å². The summed E-state index contributed by atoms with van der Waals surface area (Å²) in [4.78, 5) is 91.5. The third kappa shape index (κ3) is 10.8. The fourth-order valence-corrected chi connectivity index (χ4v) is 10.8. The Morgan fingerprint density at radius 2 is 1.07 bits per heavy atom. The van der Waals surface area contributed by atoms with E-state index in [1.54, 1.807) is 30.3 Å². The predicted octanol–water partition coefficient (Wildman–Crippen LogP) is -1.56. The number of aromatic amines is 2. The lowest BCUT2D eigenvalue weighted by molar-refractivity contribution is -0.150. The van der Waals surface area contributed by atoms with Crippen LogP contribution in [0.3, 0.4) is 0 Å². The van der Waals surface area contributed by atoms with E-state index in [1.165, 1.54) is 0 Å². The minimum Gasteiger partial charge on any atom is -0.387 e. The maximum atomic E-state index is 12.7. The topological polar surface area (TPSA) is 382 Å². The van der Waals surface area contributed by atoms with Crippen LogP contribution in [0.15, 0.2) is 74.0 Å². The number of hydrogen-bond acceptors (Lipinski definition) is 19. The average molecular weight is 892 g/mol. The highest BCUT2D eigenvalue weighted by atomic mass is 31.3. The molecule has 57 heavy (non-hydrogen) atoms. The van der Waals surface area contributed by atoms with Crippen LogP contribution in [0.1, 0.15) is 18.0 Å². The summed E-state index contributed by atoms with van der Waals surface area (Å²) in [6, 6.07) is 10.8. The first-order valence-corrected chi connectivity index (χ1v) is 22.0. The zero-order chi connectivity index (χ0) is 41.5. The number of aliphatic hydroxyl groups is 2. The summed E-state index contributed by atoms with van der Waals surface area (Å²) in [5.74, 6) is 0. The highest BCUT2D eigenvalue weighted by Gasteiger charge is 2.55. The van der Waals surface area contributed by atoms with Crippen molar-refractivity contribution < 1.29 is 89.0 Å². The predicted molar refractivity (Wildman–Crippen MR) is 181 cm³/mol. The Balaban J connectivity index is 1.05. The van der Waals surface area contributed by atoms with Gasteiger partial charge in [-0.3, -0.25) is 37.7 Å². The van der Waals surface area contributed by atoms with Gasteiger partial charge < -0.3 is 48.7 Å². The molecule has 2 aromatic heterocycles.